The van der Waals surface area contributed by atoms with Gasteiger partial charge in [0.25, 0.3) is 0 Å². The van der Waals surface area contributed by atoms with E-state index in [0.29, 0.717) is 17.2 Å². The standard InChI is InChI=1S/C13H21NO2S/c1-4-6-7-8-10-9(3)11(12(14)17-10)13(15)16-5-2/h4-8,14H2,1-3H3. The summed E-state index contributed by atoms with van der Waals surface area (Å²) in [5.74, 6) is -0.291. The molecule has 3 nitrogen and oxygen atoms in total. The molecule has 0 aliphatic rings. The predicted octanol–water partition coefficient (Wildman–Crippen LogP) is 3.55. The molecule has 0 unspecified atom stereocenters. The Morgan fingerprint density at radius 3 is 2.65 bits per heavy atom. The second-order valence-corrected chi connectivity index (χ2v) is 5.20. The molecule has 0 aromatic carbocycles. The molecule has 4 heteroatoms. The Balaban J connectivity index is 2.82. The molecule has 0 spiro atoms. The van der Waals surface area contributed by atoms with Crippen molar-refractivity contribution in [1.29, 1.82) is 0 Å². The average molecular weight is 255 g/mol. The molecule has 0 atom stereocenters. The fraction of sp³-hybridized carbons (Fsp3) is 0.615. The van der Waals surface area contributed by atoms with Gasteiger partial charge in [0.15, 0.2) is 0 Å². The Morgan fingerprint density at radius 2 is 2.06 bits per heavy atom. The topological polar surface area (TPSA) is 52.3 Å². The van der Waals surface area contributed by atoms with Crippen LogP contribution in [0, 0.1) is 6.92 Å². The molecule has 1 rings (SSSR count). The SMILES string of the molecule is CCCCCc1sc(N)c(C(=O)OCC)c1C. The van der Waals surface area contributed by atoms with Gasteiger partial charge in [-0.05, 0) is 32.3 Å². The number of aryl methyl sites for hydroxylation is 1. The highest BCUT2D eigenvalue weighted by Gasteiger charge is 2.19. The molecule has 0 amide bonds. The van der Waals surface area contributed by atoms with Crippen molar-refractivity contribution < 1.29 is 9.53 Å². The molecular formula is C13H21NO2S. The Labute approximate surface area is 107 Å². The van der Waals surface area contributed by atoms with Crippen molar-refractivity contribution in [1.82, 2.24) is 0 Å². The number of carbonyl (C=O) groups is 1. The van der Waals surface area contributed by atoms with E-state index in [9.17, 15) is 4.79 Å². The second kappa shape index (κ2) is 6.64. The first kappa shape index (κ1) is 14.0. The number of hydrogen-bond donors (Lipinski definition) is 1. The molecular weight excluding hydrogens is 234 g/mol. The predicted molar refractivity (Wildman–Crippen MR) is 72.7 cm³/mol. The summed E-state index contributed by atoms with van der Waals surface area (Å²) in [5.41, 5.74) is 7.47. The number of nitrogen functional groups attached to an aromatic ring is 1. The van der Waals surface area contributed by atoms with Crippen molar-refractivity contribution in [2.45, 2.75) is 46.5 Å². The van der Waals surface area contributed by atoms with E-state index in [2.05, 4.69) is 6.92 Å². The van der Waals surface area contributed by atoms with Gasteiger partial charge in [0.1, 0.15) is 5.00 Å². The van der Waals surface area contributed by atoms with E-state index < -0.39 is 0 Å². The van der Waals surface area contributed by atoms with Crippen LogP contribution in [-0.2, 0) is 11.2 Å². The molecule has 1 aromatic rings. The first-order valence-corrected chi connectivity index (χ1v) is 6.98. The lowest BCUT2D eigenvalue weighted by atomic mass is 10.1. The third-order valence-electron chi connectivity index (χ3n) is 2.76. The zero-order chi connectivity index (χ0) is 12.8. The first-order chi connectivity index (χ1) is 8.11. The number of esters is 1. The number of rotatable bonds is 6. The van der Waals surface area contributed by atoms with Crippen LogP contribution in [-0.4, -0.2) is 12.6 Å². The van der Waals surface area contributed by atoms with E-state index in [0.717, 1.165) is 18.4 Å². The quantitative estimate of drug-likeness (QED) is 0.624. The van der Waals surface area contributed by atoms with Crippen LogP contribution >= 0.6 is 11.3 Å². The molecule has 0 radical (unpaired) electrons. The molecule has 1 aromatic heterocycles. The van der Waals surface area contributed by atoms with Crippen molar-refractivity contribution in [2.75, 3.05) is 12.3 Å². The van der Waals surface area contributed by atoms with Crippen LogP contribution in [0.5, 0.6) is 0 Å². The number of thiophene rings is 1. The van der Waals surface area contributed by atoms with Crippen LogP contribution in [0.2, 0.25) is 0 Å². The third kappa shape index (κ3) is 3.46. The van der Waals surface area contributed by atoms with E-state index in [1.54, 1.807) is 6.92 Å². The molecule has 2 N–H and O–H groups in total. The van der Waals surface area contributed by atoms with Crippen LogP contribution in [0.3, 0.4) is 0 Å². The first-order valence-electron chi connectivity index (χ1n) is 6.16. The fourth-order valence-electron chi connectivity index (χ4n) is 1.82. The molecule has 0 bridgehead atoms. The van der Waals surface area contributed by atoms with Gasteiger partial charge < -0.3 is 10.5 Å². The lowest BCUT2D eigenvalue weighted by Gasteiger charge is -2.03. The summed E-state index contributed by atoms with van der Waals surface area (Å²) >= 11 is 1.52. The van der Waals surface area contributed by atoms with Gasteiger partial charge in [-0.2, -0.15) is 0 Å². The summed E-state index contributed by atoms with van der Waals surface area (Å²) in [6.07, 6.45) is 4.57. The lowest BCUT2D eigenvalue weighted by Crippen LogP contribution is -2.07. The average Bonchev–Trinajstić information content (AvgIpc) is 2.55. The van der Waals surface area contributed by atoms with Crippen molar-refractivity contribution in [2.24, 2.45) is 0 Å². The summed E-state index contributed by atoms with van der Waals surface area (Å²) < 4.78 is 5.02. The van der Waals surface area contributed by atoms with Gasteiger partial charge in [-0.15, -0.1) is 11.3 Å². The number of ether oxygens (including phenoxy) is 1. The van der Waals surface area contributed by atoms with Crippen molar-refractivity contribution in [3.63, 3.8) is 0 Å². The van der Waals surface area contributed by atoms with Gasteiger partial charge in [-0.1, -0.05) is 19.8 Å². The Bertz CT molecular complexity index is 385. The van der Waals surface area contributed by atoms with Gasteiger partial charge in [0.2, 0.25) is 0 Å². The molecule has 0 fully saturated rings. The van der Waals surface area contributed by atoms with Gasteiger partial charge in [0, 0.05) is 4.88 Å². The molecule has 0 saturated carbocycles. The lowest BCUT2D eigenvalue weighted by molar-refractivity contribution is 0.0527. The van der Waals surface area contributed by atoms with E-state index >= 15 is 0 Å². The van der Waals surface area contributed by atoms with Crippen LogP contribution in [0.1, 0.15) is 53.9 Å². The Kier molecular flexibility index (Phi) is 5.48. The van der Waals surface area contributed by atoms with E-state index in [-0.39, 0.29) is 5.97 Å². The minimum Gasteiger partial charge on any atom is -0.462 e. The summed E-state index contributed by atoms with van der Waals surface area (Å²) in [7, 11) is 0. The maximum absolute atomic E-state index is 11.7. The summed E-state index contributed by atoms with van der Waals surface area (Å²) in [4.78, 5) is 13.0. The molecule has 1 heterocycles. The van der Waals surface area contributed by atoms with E-state index in [1.807, 2.05) is 6.92 Å². The van der Waals surface area contributed by atoms with Gasteiger partial charge in [0.05, 0.1) is 12.2 Å². The summed E-state index contributed by atoms with van der Waals surface area (Å²) in [6.45, 7) is 6.33. The Morgan fingerprint density at radius 1 is 1.35 bits per heavy atom. The van der Waals surface area contributed by atoms with Gasteiger partial charge in [-0.3, -0.25) is 0 Å². The highest BCUT2D eigenvalue weighted by atomic mass is 32.1. The zero-order valence-corrected chi connectivity index (χ0v) is 11.7. The van der Waals surface area contributed by atoms with Crippen LogP contribution in [0.15, 0.2) is 0 Å². The molecule has 0 aliphatic carbocycles. The van der Waals surface area contributed by atoms with Crippen molar-refractivity contribution >= 4 is 22.3 Å². The maximum Gasteiger partial charge on any atom is 0.341 e. The van der Waals surface area contributed by atoms with Gasteiger partial charge >= 0.3 is 5.97 Å². The zero-order valence-electron chi connectivity index (χ0n) is 10.8. The van der Waals surface area contributed by atoms with Crippen LogP contribution in [0.25, 0.3) is 0 Å². The molecule has 0 saturated heterocycles. The Hall–Kier alpha value is -1.03. The number of anilines is 1. The van der Waals surface area contributed by atoms with Crippen molar-refractivity contribution in [3.8, 4) is 0 Å². The second-order valence-electron chi connectivity index (χ2n) is 4.07. The van der Waals surface area contributed by atoms with Crippen LogP contribution < -0.4 is 5.73 Å². The number of nitrogens with two attached hydrogens (primary N) is 1. The molecule has 96 valence electrons. The van der Waals surface area contributed by atoms with Gasteiger partial charge in [-0.25, -0.2) is 4.79 Å². The smallest absolute Gasteiger partial charge is 0.341 e. The highest BCUT2D eigenvalue weighted by Crippen LogP contribution is 2.32. The minimum absolute atomic E-state index is 0.291. The number of hydrogen-bond acceptors (Lipinski definition) is 4. The third-order valence-corrected chi connectivity index (χ3v) is 3.94. The largest absolute Gasteiger partial charge is 0.462 e. The number of carbonyl (C=O) groups excluding carboxylic acids is 1. The van der Waals surface area contributed by atoms with Crippen LogP contribution in [0.4, 0.5) is 5.00 Å². The van der Waals surface area contributed by atoms with E-state index in [1.165, 1.54) is 29.1 Å². The van der Waals surface area contributed by atoms with Crippen molar-refractivity contribution in [3.05, 3.63) is 16.0 Å². The normalized spacial score (nSPS) is 10.5. The minimum atomic E-state index is -0.291. The molecule has 17 heavy (non-hydrogen) atoms. The maximum atomic E-state index is 11.7. The van der Waals surface area contributed by atoms with E-state index in [4.69, 9.17) is 10.5 Å². The number of unbranched alkanes of at least 4 members (excludes halogenated alkanes) is 2. The summed E-state index contributed by atoms with van der Waals surface area (Å²) in [5, 5.41) is 0.590. The molecule has 0 aliphatic heterocycles. The highest BCUT2D eigenvalue weighted by molar-refractivity contribution is 7.16. The summed E-state index contributed by atoms with van der Waals surface area (Å²) in [6, 6.07) is 0. The fourth-order valence-corrected chi connectivity index (χ4v) is 2.92. The monoisotopic (exact) mass is 255 g/mol.